The van der Waals surface area contributed by atoms with Gasteiger partial charge in [0.05, 0.1) is 13.2 Å². The molecule has 0 fully saturated rings. The molecule has 0 spiro atoms. The Bertz CT molecular complexity index is 479. The zero-order chi connectivity index (χ0) is 12.8. The standard InChI is InChI=1S/C12H17N5O/c1-10-2-4-11(5-3-10)18-9-6-12-14-16-17(15-12)8-7-13/h2-5H,6-9,13H2,1H3. The van der Waals surface area contributed by atoms with Crippen molar-refractivity contribution in [3.05, 3.63) is 35.7 Å². The van der Waals surface area contributed by atoms with Gasteiger partial charge in [0.2, 0.25) is 0 Å². The lowest BCUT2D eigenvalue weighted by molar-refractivity contribution is 0.318. The van der Waals surface area contributed by atoms with Gasteiger partial charge in [-0.3, -0.25) is 0 Å². The maximum Gasteiger partial charge on any atom is 0.178 e. The zero-order valence-corrected chi connectivity index (χ0v) is 10.4. The second-order valence-electron chi connectivity index (χ2n) is 4.00. The summed E-state index contributed by atoms with van der Waals surface area (Å²) in [5.41, 5.74) is 6.62. The third-order valence-corrected chi connectivity index (χ3v) is 2.44. The third kappa shape index (κ3) is 3.53. The highest BCUT2D eigenvalue weighted by molar-refractivity contribution is 5.26. The minimum atomic E-state index is 0.510. The average Bonchev–Trinajstić information content (AvgIpc) is 2.80. The average molecular weight is 247 g/mol. The normalized spacial score (nSPS) is 10.6. The number of aryl methyl sites for hydroxylation is 1. The number of nitrogens with two attached hydrogens (primary N) is 1. The topological polar surface area (TPSA) is 78.9 Å². The van der Waals surface area contributed by atoms with Crippen LogP contribution in [0.25, 0.3) is 0 Å². The molecule has 0 atom stereocenters. The van der Waals surface area contributed by atoms with Crippen LogP contribution < -0.4 is 10.5 Å². The summed E-state index contributed by atoms with van der Waals surface area (Å²) in [6.07, 6.45) is 0.637. The Labute approximate surface area is 106 Å². The first-order chi connectivity index (χ1) is 8.78. The van der Waals surface area contributed by atoms with Crippen molar-refractivity contribution in [3.63, 3.8) is 0 Å². The molecule has 0 aliphatic heterocycles. The van der Waals surface area contributed by atoms with Gasteiger partial charge in [-0.25, -0.2) is 0 Å². The van der Waals surface area contributed by atoms with Crippen LogP contribution in [0.1, 0.15) is 11.4 Å². The summed E-state index contributed by atoms with van der Waals surface area (Å²) in [4.78, 5) is 1.50. The molecule has 1 aromatic heterocycles. The fourth-order valence-corrected chi connectivity index (χ4v) is 1.48. The Balaban J connectivity index is 1.79. The van der Waals surface area contributed by atoms with E-state index in [1.807, 2.05) is 31.2 Å². The van der Waals surface area contributed by atoms with Crippen molar-refractivity contribution in [2.45, 2.75) is 19.9 Å². The fraction of sp³-hybridized carbons (Fsp3) is 0.417. The lowest BCUT2D eigenvalue weighted by Crippen LogP contribution is -2.12. The summed E-state index contributed by atoms with van der Waals surface area (Å²) in [6, 6.07) is 7.94. The number of aromatic nitrogens is 4. The van der Waals surface area contributed by atoms with Gasteiger partial charge in [0.25, 0.3) is 0 Å². The van der Waals surface area contributed by atoms with E-state index in [9.17, 15) is 0 Å². The first-order valence-corrected chi connectivity index (χ1v) is 5.94. The van der Waals surface area contributed by atoms with Crippen molar-refractivity contribution in [1.29, 1.82) is 0 Å². The Morgan fingerprint density at radius 2 is 2.06 bits per heavy atom. The predicted molar refractivity (Wildman–Crippen MR) is 67.2 cm³/mol. The summed E-state index contributed by atoms with van der Waals surface area (Å²) >= 11 is 0. The molecule has 1 aromatic carbocycles. The van der Waals surface area contributed by atoms with Crippen molar-refractivity contribution >= 4 is 0 Å². The molecule has 2 N–H and O–H groups in total. The van der Waals surface area contributed by atoms with E-state index in [1.165, 1.54) is 10.4 Å². The first kappa shape index (κ1) is 12.5. The van der Waals surface area contributed by atoms with Crippen LogP contribution in [0.5, 0.6) is 5.75 Å². The molecule has 0 aliphatic carbocycles. The van der Waals surface area contributed by atoms with E-state index in [0.29, 0.717) is 31.9 Å². The van der Waals surface area contributed by atoms with Gasteiger partial charge in [-0.15, -0.1) is 10.2 Å². The quantitative estimate of drug-likeness (QED) is 0.807. The molecule has 1 heterocycles. The molecule has 0 unspecified atom stereocenters. The number of benzene rings is 1. The van der Waals surface area contributed by atoms with Crippen molar-refractivity contribution < 1.29 is 4.74 Å². The highest BCUT2D eigenvalue weighted by Crippen LogP contribution is 2.11. The lowest BCUT2D eigenvalue weighted by atomic mass is 10.2. The van der Waals surface area contributed by atoms with E-state index >= 15 is 0 Å². The molecular weight excluding hydrogens is 230 g/mol. The van der Waals surface area contributed by atoms with Crippen molar-refractivity contribution in [2.24, 2.45) is 5.73 Å². The van der Waals surface area contributed by atoms with E-state index in [2.05, 4.69) is 15.4 Å². The minimum absolute atomic E-state index is 0.510. The van der Waals surface area contributed by atoms with Gasteiger partial charge in [-0.1, -0.05) is 17.7 Å². The molecule has 18 heavy (non-hydrogen) atoms. The highest BCUT2D eigenvalue weighted by atomic mass is 16.5. The van der Waals surface area contributed by atoms with E-state index < -0.39 is 0 Å². The number of ether oxygens (including phenoxy) is 1. The summed E-state index contributed by atoms with van der Waals surface area (Å²) in [7, 11) is 0. The van der Waals surface area contributed by atoms with Crippen molar-refractivity contribution in [2.75, 3.05) is 13.2 Å². The van der Waals surface area contributed by atoms with Gasteiger partial charge in [0.1, 0.15) is 5.75 Å². The van der Waals surface area contributed by atoms with E-state index in [1.54, 1.807) is 0 Å². The summed E-state index contributed by atoms with van der Waals surface area (Å²) in [5, 5.41) is 12.0. The van der Waals surface area contributed by atoms with Gasteiger partial charge in [-0.2, -0.15) is 4.80 Å². The monoisotopic (exact) mass is 247 g/mol. The predicted octanol–water partition coefficient (Wildman–Crippen LogP) is 0.562. The van der Waals surface area contributed by atoms with Crippen LogP contribution in [-0.2, 0) is 13.0 Å². The van der Waals surface area contributed by atoms with E-state index in [4.69, 9.17) is 10.5 Å². The Hall–Kier alpha value is -1.95. The number of rotatable bonds is 6. The van der Waals surface area contributed by atoms with Crippen LogP contribution in [0.3, 0.4) is 0 Å². The highest BCUT2D eigenvalue weighted by Gasteiger charge is 2.02. The van der Waals surface area contributed by atoms with E-state index in [-0.39, 0.29) is 0 Å². The largest absolute Gasteiger partial charge is 0.493 e. The molecule has 0 amide bonds. The number of hydrogen-bond acceptors (Lipinski definition) is 5. The second kappa shape index (κ2) is 6.11. The minimum Gasteiger partial charge on any atom is -0.493 e. The molecular formula is C12H17N5O. The maximum absolute atomic E-state index is 5.59. The number of tetrazole rings is 1. The van der Waals surface area contributed by atoms with Gasteiger partial charge in [0, 0.05) is 13.0 Å². The van der Waals surface area contributed by atoms with Crippen LogP contribution in [0.2, 0.25) is 0 Å². The third-order valence-electron chi connectivity index (χ3n) is 2.44. The molecule has 96 valence electrons. The maximum atomic E-state index is 5.59. The fourth-order valence-electron chi connectivity index (χ4n) is 1.48. The first-order valence-electron chi connectivity index (χ1n) is 5.94. The van der Waals surface area contributed by atoms with Crippen LogP contribution in [0.15, 0.2) is 24.3 Å². The van der Waals surface area contributed by atoms with E-state index in [0.717, 1.165) is 5.75 Å². The van der Waals surface area contributed by atoms with Gasteiger partial charge < -0.3 is 10.5 Å². The molecule has 6 heteroatoms. The molecule has 0 aliphatic rings. The molecule has 0 saturated heterocycles. The Morgan fingerprint density at radius 1 is 1.28 bits per heavy atom. The van der Waals surface area contributed by atoms with Crippen molar-refractivity contribution in [1.82, 2.24) is 20.2 Å². The summed E-state index contributed by atoms with van der Waals surface area (Å²) in [6.45, 7) is 3.68. The molecule has 0 bridgehead atoms. The van der Waals surface area contributed by atoms with Crippen LogP contribution >= 0.6 is 0 Å². The second-order valence-corrected chi connectivity index (χ2v) is 4.00. The lowest BCUT2D eigenvalue weighted by Gasteiger charge is -2.04. The van der Waals surface area contributed by atoms with Gasteiger partial charge in [0.15, 0.2) is 5.82 Å². The van der Waals surface area contributed by atoms with Crippen LogP contribution in [-0.4, -0.2) is 33.4 Å². The Morgan fingerprint density at radius 3 is 2.78 bits per heavy atom. The summed E-state index contributed by atoms with van der Waals surface area (Å²) in [5.74, 6) is 1.53. The molecule has 6 nitrogen and oxygen atoms in total. The van der Waals surface area contributed by atoms with Crippen LogP contribution in [0.4, 0.5) is 0 Å². The summed E-state index contributed by atoms with van der Waals surface area (Å²) < 4.78 is 5.59. The van der Waals surface area contributed by atoms with Crippen molar-refractivity contribution in [3.8, 4) is 5.75 Å². The Kier molecular flexibility index (Phi) is 4.25. The van der Waals surface area contributed by atoms with Gasteiger partial charge in [-0.05, 0) is 24.3 Å². The SMILES string of the molecule is Cc1ccc(OCCc2nnn(CCN)n2)cc1. The smallest absolute Gasteiger partial charge is 0.178 e. The molecule has 2 aromatic rings. The molecule has 0 saturated carbocycles. The van der Waals surface area contributed by atoms with Crippen LogP contribution in [0, 0.1) is 6.92 Å². The molecule has 2 rings (SSSR count). The van der Waals surface area contributed by atoms with Gasteiger partial charge >= 0.3 is 0 Å². The number of nitrogens with zero attached hydrogens (tertiary/aromatic N) is 4. The zero-order valence-electron chi connectivity index (χ0n) is 10.4. The molecule has 0 radical (unpaired) electrons. The number of hydrogen-bond donors (Lipinski definition) is 1.